The SMILES string of the molecule is CCOCCN(CC)c1ncc(Cl)cc1F. The van der Waals surface area contributed by atoms with Crippen LogP contribution in [0.25, 0.3) is 0 Å². The van der Waals surface area contributed by atoms with Crippen LogP contribution in [0, 0.1) is 5.82 Å². The lowest BCUT2D eigenvalue weighted by molar-refractivity contribution is 0.154. The molecular weight excluding hydrogens is 231 g/mol. The topological polar surface area (TPSA) is 25.4 Å². The van der Waals surface area contributed by atoms with E-state index >= 15 is 0 Å². The summed E-state index contributed by atoms with van der Waals surface area (Å²) in [6.45, 7) is 6.40. The van der Waals surface area contributed by atoms with Crippen molar-refractivity contribution in [2.45, 2.75) is 13.8 Å². The lowest BCUT2D eigenvalue weighted by Crippen LogP contribution is -2.28. The van der Waals surface area contributed by atoms with Gasteiger partial charge in [-0.3, -0.25) is 0 Å². The Morgan fingerprint density at radius 2 is 2.25 bits per heavy atom. The van der Waals surface area contributed by atoms with Gasteiger partial charge in [-0.05, 0) is 19.9 Å². The van der Waals surface area contributed by atoms with E-state index in [0.717, 1.165) is 0 Å². The minimum Gasteiger partial charge on any atom is -0.380 e. The molecule has 90 valence electrons. The fourth-order valence-electron chi connectivity index (χ4n) is 1.37. The predicted octanol–water partition coefficient (Wildman–Crippen LogP) is 2.74. The van der Waals surface area contributed by atoms with Crippen molar-refractivity contribution < 1.29 is 9.13 Å². The highest BCUT2D eigenvalue weighted by molar-refractivity contribution is 6.30. The summed E-state index contributed by atoms with van der Waals surface area (Å²) in [5.41, 5.74) is 0. The Kier molecular flexibility index (Phi) is 5.49. The van der Waals surface area contributed by atoms with Crippen LogP contribution < -0.4 is 4.90 Å². The van der Waals surface area contributed by atoms with Crippen LogP contribution in [0.1, 0.15) is 13.8 Å². The molecule has 0 atom stereocenters. The highest BCUT2D eigenvalue weighted by atomic mass is 35.5. The summed E-state index contributed by atoms with van der Waals surface area (Å²) in [4.78, 5) is 5.81. The maximum Gasteiger partial charge on any atom is 0.167 e. The first-order valence-corrected chi connectivity index (χ1v) is 5.70. The maximum atomic E-state index is 13.6. The van der Waals surface area contributed by atoms with Crippen LogP contribution in [0.2, 0.25) is 5.02 Å². The van der Waals surface area contributed by atoms with Crippen LogP contribution in [0.5, 0.6) is 0 Å². The van der Waals surface area contributed by atoms with Crippen molar-refractivity contribution in [2.75, 3.05) is 31.2 Å². The molecule has 0 aliphatic carbocycles. The van der Waals surface area contributed by atoms with Gasteiger partial charge in [-0.15, -0.1) is 0 Å². The molecule has 1 heterocycles. The van der Waals surface area contributed by atoms with Crippen molar-refractivity contribution in [2.24, 2.45) is 0 Å². The zero-order chi connectivity index (χ0) is 12.0. The minimum absolute atomic E-state index is 0.308. The highest BCUT2D eigenvalue weighted by Crippen LogP contribution is 2.19. The fraction of sp³-hybridized carbons (Fsp3) is 0.545. The summed E-state index contributed by atoms with van der Waals surface area (Å²) in [7, 11) is 0. The van der Waals surface area contributed by atoms with Crippen LogP contribution >= 0.6 is 11.6 Å². The molecule has 0 saturated heterocycles. The normalized spacial score (nSPS) is 10.5. The third-order valence-electron chi connectivity index (χ3n) is 2.18. The van der Waals surface area contributed by atoms with Crippen molar-refractivity contribution >= 4 is 17.4 Å². The van der Waals surface area contributed by atoms with Gasteiger partial charge in [-0.2, -0.15) is 0 Å². The average molecular weight is 247 g/mol. The van der Waals surface area contributed by atoms with E-state index in [4.69, 9.17) is 16.3 Å². The van der Waals surface area contributed by atoms with E-state index in [-0.39, 0.29) is 0 Å². The quantitative estimate of drug-likeness (QED) is 0.722. The van der Waals surface area contributed by atoms with Gasteiger partial charge in [-0.1, -0.05) is 11.6 Å². The second-order valence-electron chi connectivity index (χ2n) is 3.24. The van der Waals surface area contributed by atoms with E-state index in [1.165, 1.54) is 12.3 Å². The van der Waals surface area contributed by atoms with Crippen molar-refractivity contribution in [3.63, 3.8) is 0 Å². The zero-order valence-electron chi connectivity index (χ0n) is 9.54. The Hall–Kier alpha value is -0.870. The number of nitrogens with zero attached hydrogens (tertiary/aromatic N) is 2. The summed E-state index contributed by atoms with van der Waals surface area (Å²) < 4.78 is 18.8. The minimum atomic E-state index is -0.397. The van der Waals surface area contributed by atoms with Gasteiger partial charge in [0.15, 0.2) is 11.6 Å². The van der Waals surface area contributed by atoms with Crippen molar-refractivity contribution in [1.29, 1.82) is 0 Å². The van der Waals surface area contributed by atoms with Crippen molar-refractivity contribution in [3.8, 4) is 0 Å². The zero-order valence-corrected chi connectivity index (χ0v) is 10.3. The number of hydrogen-bond donors (Lipinski definition) is 0. The Balaban J connectivity index is 2.70. The molecule has 0 aromatic carbocycles. The Bertz CT molecular complexity index is 336. The molecule has 16 heavy (non-hydrogen) atoms. The maximum absolute atomic E-state index is 13.6. The summed E-state index contributed by atoms with van der Waals surface area (Å²) in [6.07, 6.45) is 1.45. The Morgan fingerprint density at radius 1 is 1.50 bits per heavy atom. The van der Waals surface area contributed by atoms with Gasteiger partial charge in [0.05, 0.1) is 11.6 Å². The largest absolute Gasteiger partial charge is 0.380 e. The molecule has 0 fully saturated rings. The van der Waals surface area contributed by atoms with E-state index in [1.807, 2.05) is 18.7 Å². The molecule has 0 radical (unpaired) electrons. The molecule has 5 heteroatoms. The first kappa shape index (κ1) is 13.2. The number of aromatic nitrogens is 1. The molecule has 0 aliphatic rings. The molecule has 0 amide bonds. The average Bonchev–Trinajstić information content (AvgIpc) is 2.26. The van der Waals surface area contributed by atoms with Crippen LogP contribution in [0.4, 0.5) is 10.2 Å². The van der Waals surface area contributed by atoms with Gasteiger partial charge in [0.25, 0.3) is 0 Å². The van der Waals surface area contributed by atoms with Crippen LogP contribution in [-0.4, -0.2) is 31.3 Å². The first-order valence-electron chi connectivity index (χ1n) is 5.32. The second kappa shape index (κ2) is 6.66. The monoisotopic (exact) mass is 246 g/mol. The number of hydrogen-bond acceptors (Lipinski definition) is 3. The van der Waals surface area contributed by atoms with E-state index in [0.29, 0.717) is 37.1 Å². The molecule has 0 spiro atoms. The van der Waals surface area contributed by atoms with Gasteiger partial charge in [0, 0.05) is 25.9 Å². The molecule has 0 bridgehead atoms. The smallest absolute Gasteiger partial charge is 0.167 e. The summed E-state index contributed by atoms with van der Waals surface area (Å²) in [5.74, 6) is -0.0718. The van der Waals surface area contributed by atoms with Crippen LogP contribution in [0.15, 0.2) is 12.3 Å². The molecule has 0 aliphatic heterocycles. The Morgan fingerprint density at radius 3 is 2.81 bits per heavy atom. The number of likely N-dealkylation sites (N-methyl/N-ethyl adjacent to an activating group) is 1. The lowest BCUT2D eigenvalue weighted by Gasteiger charge is -2.22. The van der Waals surface area contributed by atoms with Gasteiger partial charge in [-0.25, -0.2) is 9.37 Å². The second-order valence-corrected chi connectivity index (χ2v) is 3.67. The molecule has 1 aromatic rings. The predicted molar refractivity (Wildman–Crippen MR) is 63.6 cm³/mol. The van der Waals surface area contributed by atoms with Crippen LogP contribution in [-0.2, 0) is 4.74 Å². The molecule has 0 unspecified atom stereocenters. The van der Waals surface area contributed by atoms with Crippen LogP contribution in [0.3, 0.4) is 0 Å². The molecule has 3 nitrogen and oxygen atoms in total. The summed E-state index contributed by atoms with van der Waals surface area (Å²) in [6, 6.07) is 1.27. The lowest BCUT2D eigenvalue weighted by atomic mass is 10.4. The number of halogens is 2. The van der Waals surface area contributed by atoms with Gasteiger partial charge in [0.1, 0.15) is 0 Å². The third-order valence-corrected chi connectivity index (χ3v) is 2.39. The molecule has 1 rings (SSSR count). The highest BCUT2D eigenvalue weighted by Gasteiger charge is 2.11. The van der Waals surface area contributed by atoms with Gasteiger partial charge < -0.3 is 9.64 Å². The van der Waals surface area contributed by atoms with Gasteiger partial charge in [0.2, 0.25) is 0 Å². The fourth-order valence-corrected chi connectivity index (χ4v) is 1.52. The van der Waals surface area contributed by atoms with Crippen molar-refractivity contribution in [3.05, 3.63) is 23.1 Å². The molecule has 0 N–H and O–H groups in total. The van der Waals surface area contributed by atoms with Gasteiger partial charge >= 0.3 is 0 Å². The van der Waals surface area contributed by atoms with Crippen molar-refractivity contribution in [1.82, 2.24) is 4.98 Å². The number of rotatable bonds is 6. The van der Waals surface area contributed by atoms with E-state index in [9.17, 15) is 4.39 Å². The number of ether oxygens (including phenoxy) is 1. The first-order chi connectivity index (χ1) is 7.69. The summed E-state index contributed by atoms with van der Waals surface area (Å²) in [5, 5.41) is 0.308. The standard InChI is InChI=1S/C11H16ClFN2O/c1-3-15(5-6-16-4-2)11-10(13)7-9(12)8-14-11/h7-8H,3-6H2,1-2H3. The summed E-state index contributed by atoms with van der Waals surface area (Å²) >= 11 is 5.65. The Labute approximate surface area is 100 Å². The molecule has 1 aromatic heterocycles. The van der Waals surface area contributed by atoms with E-state index in [1.54, 1.807) is 0 Å². The van der Waals surface area contributed by atoms with E-state index < -0.39 is 5.82 Å². The number of anilines is 1. The van der Waals surface area contributed by atoms with E-state index in [2.05, 4.69) is 4.98 Å². The number of pyridine rings is 1. The third kappa shape index (κ3) is 3.61. The molecular formula is C11H16ClFN2O. The molecule has 0 saturated carbocycles.